The molecule has 1 amide bonds. The number of nitrogens with one attached hydrogen (secondary N) is 1. The summed E-state index contributed by atoms with van der Waals surface area (Å²) in [5.74, 6) is 0.661. The Kier molecular flexibility index (Phi) is 7.85. The summed E-state index contributed by atoms with van der Waals surface area (Å²) in [6, 6.07) is 11.6. The molecule has 0 aliphatic carbocycles. The van der Waals surface area contributed by atoms with Gasteiger partial charge in [0.2, 0.25) is 5.91 Å². The summed E-state index contributed by atoms with van der Waals surface area (Å²) in [5.41, 5.74) is 2.31. The summed E-state index contributed by atoms with van der Waals surface area (Å²) in [6.45, 7) is 6.38. The van der Waals surface area contributed by atoms with Crippen LogP contribution in [0.15, 0.2) is 47.1 Å². The molecule has 2 atom stereocenters. The Labute approximate surface area is 195 Å². The van der Waals surface area contributed by atoms with E-state index in [1.807, 2.05) is 6.07 Å². The van der Waals surface area contributed by atoms with Crippen LogP contribution in [0.1, 0.15) is 29.3 Å². The quantitative estimate of drug-likeness (QED) is 0.591. The first-order valence-electron chi connectivity index (χ1n) is 11.5. The zero-order chi connectivity index (χ0) is 23.3. The molecule has 9 heteroatoms. The van der Waals surface area contributed by atoms with Gasteiger partial charge in [0.25, 0.3) is 0 Å². The molecule has 3 heterocycles. The number of carbonyl (C=O) groups is 1. The van der Waals surface area contributed by atoms with Crippen LogP contribution in [-0.4, -0.2) is 81.1 Å². The molecule has 1 N–H and O–H groups in total. The highest BCUT2D eigenvalue weighted by Crippen LogP contribution is 2.21. The molecule has 8 nitrogen and oxygen atoms in total. The highest BCUT2D eigenvalue weighted by Gasteiger charge is 2.35. The number of rotatable bonds is 9. The Morgan fingerprint density at radius 3 is 2.61 bits per heavy atom. The normalized spacial score (nSPS) is 21.7. The molecular weight excluding hydrogens is 442 g/mol. The minimum absolute atomic E-state index is 0.00855. The van der Waals surface area contributed by atoms with Crippen LogP contribution in [0.5, 0.6) is 0 Å². The molecule has 0 radical (unpaired) electrons. The first-order chi connectivity index (χ1) is 15.9. The highest BCUT2D eigenvalue weighted by molar-refractivity contribution is 7.91. The Morgan fingerprint density at radius 2 is 1.97 bits per heavy atom. The summed E-state index contributed by atoms with van der Waals surface area (Å²) in [5, 5.41) is 3.45. The van der Waals surface area contributed by atoms with Gasteiger partial charge in [0.05, 0.1) is 44.1 Å². The van der Waals surface area contributed by atoms with Gasteiger partial charge in [-0.15, -0.1) is 0 Å². The van der Waals surface area contributed by atoms with Crippen LogP contribution in [0.25, 0.3) is 0 Å². The van der Waals surface area contributed by atoms with Gasteiger partial charge in [0, 0.05) is 31.7 Å². The van der Waals surface area contributed by atoms with E-state index < -0.39 is 9.84 Å². The van der Waals surface area contributed by atoms with Crippen LogP contribution in [0.2, 0.25) is 0 Å². The number of carbonyl (C=O) groups excluding carboxylic acids is 1. The Balaban J connectivity index is 1.46. The molecule has 0 bridgehead atoms. The molecule has 0 saturated carbocycles. The number of furan rings is 1. The standard InChI is InChI=1S/C24H33N3O5S/c1-19-4-6-20(7-5-19)23(17-26-9-12-31-13-10-26)25-15-24(28)27(16-22-3-2-11-32-22)21-8-14-33(29,30)18-21/h2-7,11,21,23,25H,8-10,12-18H2,1H3/t21-,23+/m0/s1. The molecule has 2 aliphatic heterocycles. The lowest BCUT2D eigenvalue weighted by atomic mass is 10.0. The third-order valence-corrected chi connectivity index (χ3v) is 8.15. The second-order valence-electron chi connectivity index (χ2n) is 8.92. The molecule has 180 valence electrons. The van der Waals surface area contributed by atoms with Gasteiger partial charge < -0.3 is 19.4 Å². The van der Waals surface area contributed by atoms with Crippen molar-refractivity contribution in [3.05, 3.63) is 59.5 Å². The fourth-order valence-corrected chi connectivity index (χ4v) is 6.18. The summed E-state index contributed by atoms with van der Waals surface area (Å²) >= 11 is 0. The van der Waals surface area contributed by atoms with Crippen molar-refractivity contribution < 1.29 is 22.4 Å². The minimum Gasteiger partial charge on any atom is -0.467 e. The van der Waals surface area contributed by atoms with Gasteiger partial charge in [-0.1, -0.05) is 29.8 Å². The zero-order valence-electron chi connectivity index (χ0n) is 19.1. The number of nitrogens with zero attached hydrogens (tertiary/aromatic N) is 2. The molecule has 2 saturated heterocycles. The number of morpholine rings is 1. The number of sulfone groups is 1. The Morgan fingerprint density at radius 1 is 1.21 bits per heavy atom. The lowest BCUT2D eigenvalue weighted by Crippen LogP contribution is -2.47. The van der Waals surface area contributed by atoms with Crippen molar-refractivity contribution in [2.45, 2.75) is 32.0 Å². The smallest absolute Gasteiger partial charge is 0.237 e. The van der Waals surface area contributed by atoms with Gasteiger partial charge in [-0.25, -0.2) is 8.42 Å². The van der Waals surface area contributed by atoms with Gasteiger partial charge in [0.1, 0.15) is 5.76 Å². The summed E-state index contributed by atoms with van der Waals surface area (Å²) in [4.78, 5) is 17.3. The van der Waals surface area contributed by atoms with E-state index in [1.54, 1.807) is 17.2 Å². The van der Waals surface area contributed by atoms with E-state index in [4.69, 9.17) is 9.15 Å². The minimum atomic E-state index is -3.11. The number of hydrogen-bond acceptors (Lipinski definition) is 7. The third-order valence-electron chi connectivity index (χ3n) is 6.40. The van der Waals surface area contributed by atoms with E-state index in [-0.39, 0.29) is 42.6 Å². The second-order valence-corrected chi connectivity index (χ2v) is 11.1. The molecule has 1 aromatic carbocycles. The lowest BCUT2D eigenvalue weighted by Gasteiger charge is -2.32. The van der Waals surface area contributed by atoms with Gasteiger partial charge in [-0.05, 0) is 31.0 Å². The van der Waals surface area contributed by atoms with Gasteiger partial charge in [-0.3, -0.25) is 9.69 Å². The van der Waals surface area contributed by atoms with E-state index >= 15 is 0 Å². The van der Waals surface area contributed by atoms with Crippen LogP contribution in [0.3, 0.4) is 0 Å². The van der Waals surface area contributed by atoms with Crippen molar-refractivity contribution in [3.63, 3.8) is 0 Å². The number of ether oxygens (including phenoxy) is 1. The maximum atomic E-state index is 13.3. The van der Waals surface area contributed by atoms with Crippen molar-refractivity contribution in [1.82, 2.24) is 15.1 Å². The fraction of sp³-hybridized carbons (Fsp3) is 0.542. The average Bonchev–Trinajstić information content (AvgIpc) is 3.45. The number of benzene rings is 1. The SMILES string of the molecule is Cc1ccc([C@@H](CN2CCOCC2)NCC(=O)N(Cc2ccco2)[C@H]2CCS(=O)(=O)C2)cc1. The highest BCUT2D eigenvalue weighted by atomic mass is 32.2. The fourth-order valence-electron chi connectivity index (χ4n) is 4.45. The van der Waals surface area contributed by atoms with Crippen molar-refractivity contribution in [2.75, 3.05) is 50.9 Å². The van der Waals surface area contributed by atoms with E-state index in [0.29, 0.717) is 25.4 Å². The maximum absolute atomic E-state index is 13.3. The van der Waals surface area contributed by atoms with Crippen LogP contribution in [-0.2, 0) is 25.9 Å². The maximum Gasteiger partial charge on any atom is 0.237 e. The first-order valence-corrected chi connectivity index (χ1v) is 13.3. The summed E-state index contributed by atoms with van der Waals surface area (Å²) in [7, 11) is -3.11. The Bertz CT molecular complexity index is 1000. The van der Waals surface area contributed by atoms with Crippen molar-refractivity contribution in [2.24, 2.45) is 0 Å². The topological polar surface area (TPSA) is 92.1 Å². The van der Waals surface area contributed by atoms with Crippen LogP contribution in [0.4, 0.5) is 0 Å². The molecule has 0 spiro atoms. The number of amides is 1. The van der Waals surface area contributed by atoms with Gasteiger partial charge in [0.15, 0.2) is 9.84 Å². The van der Waals surface area contributed by atoms with E-state index in [0.717, 1.165) is 25.2 Å². The van der Waals surface area contributed by atoms with Crippen LogP contribution >= 0.6 is 0 Å². The largest absolute Gasteiger partial charge is 0.467 e. The number of aryl methyl sites for hydroxylation is 1. The van der Waals surface area contributed by atoms with Gasteiger partial charge >= 0.3 is 0 Å². The number of hydrogen-bond donors (Lipinski definition) is 1. The van der Waals surface area contributed by atoms with Gasteiger partial charge in [-0.2, -0.15) is 0 Å². The first kappa shape index (κ1) is 23.9. The molecule has 2 fully saturated rings. The molecule has 1 aromatic heterocycles. The monoisotopic (exact) mass is 475 g/mol. The second kappa shape index (κ2) is 10.8. The molecule has 0 unspecified atom stereocenters. The molecule has 33 heavy (non-hydrogen) atoms. The third kappa shape index (κ3) is 6.66. The zero-order valence-corrected chi connectivity index (χ0v) is 19.9. The van der Waals surface area contributed by atoms with E-state index in [2.05, 4.69) is 41.4 Å². The molecular formula is C24H33N3O5S. The molecule has 4 rings (SSSR count). The Hall–Kier alpha value is -2.20. The van der Waals surface area contributed by atoms with E-state index in [1.165, 1.54) is 5.56 Å². The average molecular weight is 476 g/mol. The van der Waals surface area contributed by atoms with Crippen molar-refractivity contribution in [1.29, 1.82) is 0 Å². The predicted molar refractivity (Wildman–Crippen MR) is 125 cm³/mol. The summed E-state index contributed by atoms with van der Waals surface area (Å²) in [6.07, 6.45) is 2.03. The molecule has 2 aromatic rings. The predicted octanol–water partition coefficient (Wildman–Crippen LogP) is 1.77. The van der Waals surface area contributed by atoms with Crippen LogP contribution < -0.4 is 5.32 Å². The summed E-state index contributed by atoms with van der Waals surface area (Å²) < 4.78 is 35.1. The van der Waals surface area contributed by atoms with E-state index in [9.17, 15) is 13.2 Å². The lowest BCUT2D eigenvalue weighted by molar-refractivity contribution is -0.133. The molecule has 2 aliphatic rings. The van der Waals surface area contributed by atoms with Crippen molar-refractivity contribution >= 4 is 15.7 Å². The van der Waals surface area contributed by atoms with Crippen molar-refractivity contribution in [3.8, 4) is 0 Å². The van der Waals surface area contributed by atoms with Crippen LogP contribution in [0, 0.1) is 6.92 Å².